The first kappa shape index (κ1) is 34.0. The molecule has 1 saturated heterocycles. The molecule has 2 aromatic carbocycles. The van der Waals surface area contributed by atoms with Crippen molar-refractivity contribution in [3.8, 4) is 16.9 Å². The van der Waals surface area contributed by atoms with Crippen molar-refractivity contribution in [2.45, 2.75) is 25.5 Å². The van der Waals surface area contributed by atoms with Gasteiger partial charge in [0.15, 0.2) is 0 Å². The number of phenolic OH excluding ortho intramolecular Hbond substituents is 1. The average Bonchev–Trinajstić information content (AvgIpc) is 3.01. The van der Waals surface area contributed by atoms with E-state index in [1.807, 2.05) is 6.07 Å². The number of aromatic nitrogens is 2. The normalized spacial score (nSPS) is 13.6. The Morgan fingerprint density at radius 1 is 1.00 bits per heavy atom. The summed E-state index contributed by atoms with van der Waals surface area (Å²) in [6.07, 6.45) is 5.29. The molecule has 2 aromatic heterocycles. The quantitative estimate of drug-likeness (QED) is 0.187. The van der Waals surface area contributed by atoms with E-state index in [4.69, 9.17) is 27.9 Å². The van der Waals surface area contributed by atoms with Crippen LogP contribution in [0.2, 0.25) is 10.0 Å². The molecule has 0 unspecified atom stereocenters. The lowest BCUT2D eigenvalue weighted by Crippen LogP contribution is -2.35. The number of hydrogen-bond donors (Lipinski definition) is 3. The molecule has 45 heavy (non-hydrogen) atoms. The molecule has 5 rings (SSSR count). The summed E-state index contributed by atoms with van der Waals surface area (Å²) in [7, 11) is 2.10. The summed E-state index contributed by atoms with van der Waals surface area (Å²) < 4.78 is 7.64. The Morgan fingerprint density at radius 3 is 2.42 bits per heavy atom. The van der Waals surface area contributed by atoms with Crippen LogP contribution in [0.1, 0.15) is 33.6 Å². The maximum atomic E-state index is 13.2. The molecule has 0 atom stereocenters. The zero-order valence-electron chi connectivity index (χ0n) is 24.3. The fourth-order valence-corrected chi connectivity index (χ4v) is 5.25. The molecule has 0 radical (unpaired) electrons. The maximum absolute atomic E-state index is 13.2. The van der Waals surface area contributed by atoms with E-state index < -0.39 is 11.8 Å². The summed E-state index contributed by atoms with van der Waals surface area (Å²) in [6, 6.07) is 15.6. The van der Waals surface area contributed by atoms with Crippen molar-refractivity contribution in [2.75, 3.05) is 37.4 Å². The van der Waals surface area contributed by atoms with Crippen LogP contribution in [-0.2, 0) is 11.3 Å². The molecule has 13 heteroatoms. The summed E-state index contributed by atoms with van der Waals surface area (Å²) in [6.45, 7) is 2.90. The standard InChI is InChI=1S/C32H31Cl2N5O5.ClH/c1-38-13-10-24(11-14-38)44-16-15-39-12-2-3-25(32(39)43)20-4-6-21(7-5-20)30(41)37-29-26(17-23(34)18-27(29)40)31(42)36-28-9-8-22(33)19-35-28;/h2-9,12,17-19,24,40H,10-11,13-16H2,1H3,(H,37,41)(H,35,36,42);1H. The monoisotopic (exact) mass is 671 g/mol. The van der Waals surface area contributed by atoms with E-state index in [-0.39, 0.29) is 57.5 Å². The Morgan fingerprint density at radius 2 is 1.73 bits per heavy atom. The first-order chi connectivity index (χ1) is 21.2. The number of likely N-dealkylation sites (tertiary alicyclic amines) is 1. The molecule has 0 aliphatic carbocycles. The minimum atomic E-state index is -0.652. The van der Waals surface area contributed by atoms with Gasteiger partial charge in [-0.3, -0.25) is 14.4 Å². The van der Waals surface area contributed by atoms with Gasteiger partial charge in [-0.05, 0) is 67.9 Å². The van der Waals surface area contributed by atoms with Crippen molar-refractivity contribution in [1.82, 2.24) is 14.5 Å². The van der Waals surface area contributed by atoms with E-state index in [2.05, 4.69) is 27.6 Å². The largest absolute Gasteiger partial charge is 0.506 e. The number of hydrogen-bond acceptors (Lipinski definition) is 7. The van der Waals surface area contributed by atoms with E-state index in [1.54, 1.807) is 47.2 Å². The van der Waals surface area contributed by atoms with Gasteiger partial charge in [0.2, 0.25) is 0 Å². The summed E-state index contributed by atoms with van der Waals surface area (Å²) in [5, 5.41) is 16.2. The predicted octanol–water partition coefficient (Wildman–Crippen LogP) is 5.96. The molecule has 3 heterocycles. The van der Waals surface area contributed by atoms with Crippen LogP contribution in [0.5, 0.6) is 5.75 Å². The van der Waals surface area contributed by atoms with E-state index in [9.17, 15) is 19.5 Å². The molecule has 0 spiro atoms. The van der Waals surface area contributed by atoms with E-state index >= 15 is 0 Å². The Balaban J connectivity index is 0.00000461. The Kier molecular flexibility index (Phi) is 11.6. The number of rotatable bonds is 9. The number of piperidine rings is 1. The van der Waals surface area contributed by atoms with Crippen LogP contribution < -0.4 is 16.2 Å². The lowest BCUT2D eigenvalue weighted by Gasteiger charge is -2.28. The third-order valence-electron chi connectivity index (χ3n) is 7.36. The number of nitrogens with one attached hydrogen (secondary N) is 2. The molecule has 4 aromatic rings. The predicted molar refractivity (Wildman–Crippen MR) is 178 cm³/mol. The molecular formula is C32H32Cl3N5O5. The SMILES string of the molecule is CN1CCC(OCCn2cccc(-c3ccc(C(=O)Nc4c(O)cc(Cl)cc4C(=O)Nc4ccc(Cl)cn4)cc3)c2=O)CC1.Cl. The van der Waals surface area contributed by atoms with Crippen molar-refractivity contribution >= 4 is 58.9 Å². The van der Waals surface area contributed by atoms with Crippen LogP contribution in [0.4, 0.5) is 11.5 Å². The van der Waals surface area contributed by atoms with Crippen LogP contribution in [-0.4, -0.2) is 64.2 Å². The zero-order chi connectivity index (χ0) is 31.2. The lowest BCUT2D eigenvalue weighted by molar-refractivity contribution is 0.00859. The Hall–Kier alpha value is -3.93. The van der Waals surface area contributed by atoms with Gasteiger partial charge >= 0.3 is 0 Å². The summed E-state index contributed by atoms with van der Waals surface area (Å²) in [4.78, 5) is 45.7. The van der Waals surface area contributed by atoms with E-state index in [1.165, 1.54) is 24.4 Å². The van der Waals surface area contributed by atoms with E-state index in [0.717, 1.165) is 25.9 Å². The smallest absolute Gasteiger partial charge is 0.259 e. The van der Waals surface area contributed by atoms with Crippen molar-refractivity contribution in [2.24, 2.45) is 0 Å². The maximum Gasteiger partial charge on any atom is 0.259 e. The highest BCUT2D eigenvalue weighted by Crippen LogP contribution is 2.33. The first-order valence-electron chi connectivity index (χ1n) is 14.0. The second-order valence-corrected chi connectivity index (χ2v) is 11.4. The van der Waals surface area contributed by atoms with Gasteiger partial charge in [-0.25, -0.2) is 4.98 Å². The zero-order valence-corrected chi connectivity index (χ0v) is 26.7. The summed E-state index contributed by atoms with van der Waals surface area (Å²) in [5.41, 5.74) is 1.03. The second-order valence-electron chi connectivity index (χ2n) is 10.5. The molecule has 10 nitrogen and oxygen atoms in total. The molecule has 3 N–H and O–H groups in total. The van der Waals surface area contributed by atoms with Gasteiger partial charge in [0.25, 0.3) is 17.4 Å². The minimum absolute atomic E-state index is 0. The third kappa shape index (κ3) is 8.62. The van der Waals surface area contributed by atoms with Crippen LogP contribution >= 0.6 is 35.6 Å². The second kappa shape index (κ2) is 15.4. The van der Waals surface area contributed by atoms with Gasteiger partial charge in [-0.15, -0.1) is 12.4 Å². The summed E-state index contributed by atoms with van der Waals surface area (Å²) >= 11 is 11.9. The number of ether oxygens (including phenoxy) is 1. The van der Waals surface area contributed by atoms with Crippen LogP contribution in [0, 0.1) is 0 Å². The number of carbonyl (C=O) groups is 2. The topological polar surface area (TPSA) is 126 Å². The van der Waals surface area contributed by atoms with Crippen LogP contribution in [0.3, 0.4) is 0 Å². The fourth-order valence-electron chi connectivity index (χ4n) is 4.93. The molecule has 1 fully saturated rings. The Labute approximate surface area is 276 Å². The molecule has 0 bridgehead atoms. The van der Waals surface area contributed by atoms with Gasteiger partial charge in [-0.2, -0.15) is 0 Å². The highest BCUT2D eigenvalue weighted by atomic mass is 35.5. The van der Waals surface area contributed by atoms with Gasteiger partial charge in [0.05, 0.1) is 29.0 Å². The van der Waals surface area contributed by atoms with Gasteiger partial charge < -0.3 is 29.9 Å². The number of benzene rings is 2. The molecule has 2 amide bonds. The van der Waals surface area contributed by atoms with Crippen molar-refractivity contribution < 1.29 is 19.4 Å². The molecule has 1 aliphatic rings. The number of pyridine rings is 2. The molecular weight excluding hydrogens is 641 g/mol. The lowest BCUT2D eigenvalue weighted by atomic mass is 10.0. The molecule has 1 aliphatic heterocycles. The van der Waals surface area contributed by atoms with Gasteiger partial charge in [0.1, 0.15) is 11.6 Å². The van der Waals surface area contributed by atoms with Crippen LogP contribution in [0.25, 0.3) is 11.1 Å². The number of nitrogens with zero attached hydrogens (tertiary/aromatic N) is 3. The highest BCUT2D eigenvalue weighted by Gasteiger charge is 2.21. The average molecular weight is 673 g/mol. The number of amides is 2. The molecule has 236 valence electrons. The third-order valence-corrected chi connectivity index (χ3v) is 7.81. The van der Waals surface area contributed by atoms with E-state index in [0.29, 0.717) is 29.3 Å². The number of halogens is 3. The number of carbonyl (C=O) groups excluding carboxylic acids is 2. The molecule has 0 saturated carbocycles. The van der Waals surface area contributed by atoms with Crippen molar-refractivity contribution in [3.05, 3.63) is 105 Å². The summed E-state index contributed by atoms with van der Waals surface area (Å²) in [5.74, 6) is -1.40. The van der Waals surface area contributed by atoms with Gasteiger partial charge in [0, 0.05) is 54.2 Å². The minimum Gasteiger partial charge on any atom is -0.506 e. The first-order valence-corrected chi connectivity index (χ1v) is 14.8. The Bertz CT molecular complexity index is 1710. The van der Waals surface area contributed by atoms with Crippen molar-refractivity contribution in [3.63, 3.8) is 0 Å². The number of phenols is 1. The van der Waals surface area contributed by atoms with Crippen molar-refractivity contribution in [1.29, 1.82) is 0 Å². The number of anilines is 2. The van der Waals surface area contributed by atoms with Gasteiger partial charge in [-0.1, -0.05) is 35.3 Å². The van der Waals surface area contributed by atoms with Crippen LogP contribution in [0.15, 0.2) is 77.9 Å². The number of aromatic hydroxyl groups is 1. The highest BCUT2D eigenvalue weighted by molar-refractivity contribution is 6.32. The fraction of sp³-hybridized carbons (Fsp3) is 0.250.